The number of aliphatic imine (C=N–C) groups is 1. The van der Waals surface area contributed by atoms with Gasteiger partial charge in [0.15, 0.2) is 5.96 Å². The van der Waals surface area contributed by atoms with Crippen molar-refractivity contribution < 1.29 is 8.42 Å². The zero-order valence-corrected chi connectivity index (χ0v) is 14.1. The average molecular weight is 311 g/mol. The summed E-state index contributed by atoms with van der Waals surface area (Å²) in [4.78, 5) is 6.24. The molecule has 21 heavy (non-hydrogen) atoms. The summed E-state index contributed by atoms with van der Waals surface area (Å²) in [6.07, 6.45) is 1.83. The molecule has 1 aromatic carbocycles. The Labute approximate surface area is 128 Å². The van der Waals surface area contributed by atoms with E-state index in [1.807, 2.05) is 11.9 Å². The number of benzene rings is 1. The van der Waals surface area contributed by atoms with E-state index in [9.17, 15) is 8.42 Å². The quantitative estimate of drug-likeness (QED) is 0.490. The Hall–Kier alpha value is -1.56. The van der Waals surface area contributed by atoms with E-state index in [-0.39, 0.29) is 5.75 Å². The number of rotatable bonds is 6. The summed E-state index contributed by atoms with van der Waals surface area (Å²) in [6, 6.07) is 8.38. The van der Waals surface area contributed by atoms with Crippen LogP contribution in [-0.4, -0.2) is 51.9 Å². The van der Waals surface area contributed by atoms with Crippen molar-refractivity contribution in [2.45, 2.75) is 19.9 Å². The third kappa shape index (κ3) is 7.13. The molecule has 118 valence electrons. The molecule has 0 aliphatic heterocycles. The van der Waals surface area contributed by atoms with Crippen molar-refractivity contribution in [1.82, 2.24) is 10.2 Å². The van der Waals surface area contributed by atoms with E-state index < -0.39 is 9.84 Å². The molecule has 1 N–H and O–H groups in total. The zero-order valence-electron chi connectivity index (χ0n) is 13.3. The van der Waals surface area contributed by atoms with Crippen LogP contribution in [0.3, 0.4) is 0 Å². The summed E-state index contributed by atoms with van der Waals surface area (Å²) < 4.78 is 22.2. The van der Waals surface area contributed by atoms with E-state index in [0.717, 1.165) is 12.5 Å². The minimum atomic E-state index is -2.90. The summed E-state index contributed by atoms with van der Waals surface area (Å²) in [5.41, 5.74) is 2.45. The zero-order chi connectivity index (χ0) is 15.9. The molecular formula is C15H25N3O2S. The summed E-state index contributed by atoms with van der Waals surface area (Å²) in [5, 5.41) is 3.18. The fourth-order valence-electron chi connectivity index (χ4n) is 1.96. The Morgan fingerprint density at radius 1 is 1.29 bits per heavy atom. The van der Waals surface area contributed by atoms with Crippen LogP contribution in [0.2, 0.25) is 0 Å². The Bertz CT molecular complexity index is 565. The molecule has 0 aliphatic rings. The first kappa shape index (κ1) is 17.5. The Kier molecular flexibility index (Phi) is 6.68. The lowest BCUT2D eigenvalue weighted by molar-refractivity contribution is 0.476. The van der Waals surface area contributed by atoms with Crippen LogP contribution in [0.25, 0.3) is 0 Å². The maximum atomic E-state index is 11.1. The van der Waals surface area contributed by atoms with Gasteiger partial charge in [0.2, 0.25) is 0 Å². The molecule has 0 fully saturated rings. The van der Waals surface area contributed by atoms with Crippen LogP contribution in [0.1, 0.15) is 17.5 Å². The molecular weight excluding hydrogens is 286 g/mol. The predicted molar refractivity (Wildman–Crippen MR) is 88.3 cm³/mol. The number of nitrogens with zero attached hydrogens (tertiary/aromatic N) is 2. The molecule has 0 radical (unpaired) electrons. The molecule has 0 bridgehead atoms. The average Bonchev–Trinajstić information content (AvgIpc) is 2.40. The molecule has 0 saturated heterocycles. The molecule has 0 aliphatic carbocycles. The summed E-state index contributed by atoms with van der Waals surface area (Å²) >= 11 is 0. The van der Waals surface area contributed by atoms with Gasteiger partial charge in [0.05, 0.1) is 5.75 Å². The van der Waals surface area contributed by atoms with Gasteiger partial charge < -0.3 is 10.2 Å². The Morgan fingerprint density at radius 2 is 1.90 bits per heavy atom. The van der Waals surface area contributed by atoms with Gasteiger partial charge in [-0.2, -0.15) is 0 Å². The minimum Gasteiger partial charge on any atom is -0.356 e. The molecule has 0 saturated carbocycles. The summed E-state index contributed by atoms with van der Waals surface area (Å²) in [6.45, 7) is 3.42. The molecule has 0 heterocycles. The van der Waals surface area contributed by atoms with E-state index in [1.54, 1.807) is 7.05 Å². The van der Waals surface area contributed by atoms with Crippen molar-refractivity contribution >= 4 is 15.8 Å². The molecule has 1 aromatic rings. The third-order valence-electron chi connectivity index (χ3n) is 3.09. The molecule has 6 heteroatoms. The predicted octanol–water partition coefficient (Wildman–Crippen LogP) is 1.44. The maximum absolute atomic E-state index is 11.1. The van der Waals surface area contributed by atoms with Gasteiger partial charge in [-0.1, -0.05) is 29.8 Å². The first-order valence-electron chi connectivity index (χ1n) is 6.97. The molecule has 0 atom stereocenters. The number of aryl methyl sites for hydroxylation is 1. The third-order valence-corrected chi connectivity index (χ3v) is 4.12. The smallest absolute Gasteiger partial charge is 0.193 e. The highest BCUT2D eigenvalue weighted by atomic mass is 32.2. The lowest BCUT2D eigenvalue weighted by Gasteiger charge is -2.22. The van der Waals surface area contributed by atoms with Crippen molar-refractivity contribution in [2.24, 2.45) is 4.99 Å². The van der Waals surface area contributed by atoms with Gasteiger partial charge >= 0.3 is 0 Å². The summed E-state index contributed by atoms with van der Waals surface area (Å²) in [7, 11) is 0.796. The number of guanidine groups is 1. The second-order valence-corrected chi connectivity index (χ2v) is 7.56. The molecule has 0 amide bonds. The second kappa shape index (κ2) is 8.02. The van der Waals surface area contributed by atoms with Gasteiger partial charge in [0, 0.05) is 33.4 Å². The van der Waals surface area contributed by atoms with Crippen molar-refractivity contribution in [3.05, 3.63) is 35.4 Å². The van der Waals surface area contributed by atoms with Crippen LogP contribution in [0.4, 0.5) is 0 Å². The van der Waals surface area contributed by atoms with Gasteiger partial charge in [0.1, 0.15) is 9.84 Å². The van der Waals surface area contributed by atoms with Crippen molar-refractivity contribution in [1.29, 1.82) is 0 Å². The Balaban J connectivity index is 2.46. The van der Waals surface area contributed by atoms with Crippen LogP contribution in [0.5, 0.6) is 0 Å². The van der Waals surface area contributed by atoms with E-state index in [4.69, 9.17) is 0 Å². The van der Waals surface area contributed by atoms with Gasteiger partial charge in [-0.05, 0) is 18.9 Å². The number of sulfone groups is 1. The van der Waals surface area contributed by atoms with Gasteiger partial charge in [-0.25, -0.2) is 8.42 Å². The molecule has 1 rings (SSSR count). The monoisotopic (exact) mass is 311 g/mol. The highest BCUT2D eigenvalue weighted by Gasteiger charge is 2.07. The number of hydrogen-bond acceptors (Lipinski definition) is 3. The van der Waals surface area contributed by atoms with Gasteiger partial charge in [-0.3, -0.25) is 4.99 Å². The van der Waals surface area contributed by atoms with Crippen LogP contribution < -0.4 is 5.32 Å². The summed E-state index contributed by atoms with van der Waals surface area (Å²) in [5.74, 6) is 0.961. The lowest BCUT2D eigenvalue weighted by Crippen LogP contribution is -2.39. The first-order chi connectivity index (χ1) is 9.81. The second-order valence-electron chi connectivity index (χ2n) is 5.30. The van der Waals surface area contributed by atoms with Crippen LogP contribution in [0, 0.1) is 6.92 Å². The normalized spacial score (nSPS) is 12.3. The standard InChI is InChI=1S/C15H25N3O2S/c1-13-6-8-14(9-7-13)12-18(3)15(16-2)17-10-5-11-21(4,19)20/h6-9H,5,10-12H2,1-4H3,(H,16,17). The van der Waals surface area contributed by atoms with Crippen molar-refractivity contribution in [3.63, 3.8) is 0 Å². The number of nitrogens with one attached hydrogen (secondary N) is 1. The van der Waals surface area contributed by atoms with E-state index in [1.165, 1.54) is 17.4 Å². The van der Waals surface area contributed by atoms with Crippen molar-refractivity contribution in [3.8, 4) is 0 Å². The van der Waals surface area contributed by atoms with Crippen LogP contribution in [-0.2, 0) is 16.4 Å². The fourth-order valence-corrected chi connectivity index (χ4v) is 2.63. The first-order valence-corrected chi connectivity index (χ1v) is 9.03. The highest BCUT2D eigenvalue weighted by Crippen LogP contribution is 2.06. The molecule has 0 unspecified atom stereocenters. The maximum Gasteiger partial charge on any atom is 0.193 e. The van der Waals surface area contributed by atoms with Crippen LogP contribution >= 0.6 is 0 Å². The van der Waals surface area contributed by atoms with E-state index >= 15 is 0 Å². The van der Waals surface area contributed by atoms with Crippen molar-refractivity contribution in [2.75, 3.05) is 32.6 Å². The highest BCUT2D eigenvalue weighted by molar-refractivity contribution is 7.90. The SMILES string of the molecule is CN=C(NCCCS(C)(=O)=O)N(C)Cc1ccc(C)cc1. The Morgan fingerprint density at radius 3 is 2.43 bits per heavy atom. The number of hydrogen-bond donors (Lipinski definition) is 1. The van der Waals surface area contributed by atoms with Gasteiger partial charge in [0.25, 0.3) is 0 Å². The van der Waals surface area contributed by atoms with E-state index in [0.29, 0.717) is 13.0 Å². The molecule has 0 spiro atoms. The minimum absolute atomic E-state index is 0.193. The van der Waals surface area contributed by atoms with Gasteiger partial charge in [-0.15, -0.1) is 0 Å². The molecule has 0 aromatic heterocycles. The van der Waals surface area contributed by atoms with E-state index in [2.05, 4.69) is 41.5 Å². The van der Waals surface area contributed by atoms with Crippen LogP contribution in [0.15, 0.2) is 29.3 Å². The largest absolute Gasteiger partial charge is 0.356 e. The topological polar surface area (TPSA) is 61.8 Å². The lowest BCUT2D eigenvalue weighted by atomic mass is 10.1. The molecule has 5 nitrogen and oxygen atoms in total. The fraction of sp³-hybridized carbons (Fsp3) is 0.533.